The van der Waals surface area contributed by atoms with Crippen molar-refractivity contribution in [2.45, 2.75) is 12.8 Å². The summed E-state index contributed by atoms with van der Waals surface area (Å²) < 4.78 is 19.2. The van der Waals surface area contributed by atoms with E-state index < -0.39 is 0 Å². The van der Waals surface area contributed by atoms with Crippen LogP contribution in [0.1, 0.15) is 11.1 Å². The summed E-state index contributed by atoms with van der Waals surface area (Å²) in [5.41, 5.74) is 1.34. The van der Waals surface area contributed by atoms with E-state index in [0.29, 0.717) is 22.1 Å². The smallest absolute Gasteiger partial charge is 0.146 e. The Morgan fingerprint density at radius 2 is 1.94 bits per heavy atom. The van der Waals surface area contributed by atoms with Gasteiger partial charge in [-0.3, -0.25) is 0 Å². The Morgan fingerprint density at radius 3 is 2.67 bits per heavy atom. The van der Waals surface area contributed by atoms with Crippen LogP contribution in [0.4, 0.5) is 4.39 Å². The summed E-state index contributed by atoms with van der Waals surface area (Å²) in [5.74, 6) is 0.545. The van der Waals surface area contributed by atoms with E-state index in [1.807, 2.05) is 13.0 Å². The van der Waals surface area contributed by atoms with Crippen molar-refractivity contribution >= 4 is 23.2 Å². The zero-order valence-corrected chi connectivity index (χ0v) is 11.2. The molecule has 0 aliphatic heterocycles. The Labute approximate surface area is 115 Å². The molecular weight excluding hydrogens is 274 g/mol. The zero-order chi connectivity index (χ0) is 13.1. The molecule has 0 radical (unpaired) electrons. The molecule has 0 aromatic heterocycles. The van der Waals surface area contributed by atoms with Gasteiger partial charge in [-0.05, 0) is 36.8 Å². The van der Waals surface area contributed by atoms with Crippen LogP contribution in [0.2, 0.25) is 5.02 Å². The first kappa shape index (κ1) is 13.2. The van der Waals surface area contributed by atoms with Crippen LogP contribution >= 0.6 is 23.2 Å². The van der Waals surface area contributed by atoms with Crippen molar-refractivity contribution in [1.82, 2.24) is 0 Å². The lowest BCUT2D eigenvalue weighted by atomic mass is 10.2. The number of halogens is 3. The van der Waals surface area contributed by atoms with Crippen molar-refractivity contribution in [2.75, 3.05) is 0 Å². The summed E-state index contributed by atoms with van der Waals surface area (Å²) in [6, 6.07) is 10.0. The van der Waals surface area contributed by atoms with Gasteiger partial charge in [-0.2, -0.15) is 0 Å². The molecule has 0 saturated carbocycles. The van der Waals surface area contributed by atoms with Gasteiger partial charge in [0.1, 0.15) is 17.3 Å². The van der Waals surface area contributed by atoms with E-state index in [1.165, 1.54) is 6.07 Å². The van der Waals surface area contributed by atoms with Crippen LogP contribution in [0.3, 0.4) is 0 Å². The lowest BCUT2D eigenvalue weighted by Gasteiger charge is -2.11. The lowest BCUT2D eigenvalue weighted by molar-refractivity contribution is 0.470. The third-order valence-electron chi connectivity index (χ3n) is 2.52. The molecule has 0 fully saturated rings. The zero-order valence-electron chi connectivity index (χ0n) is 9.71. The Hall–Kier alpha value is -1.25. The monoisotopic (exact) mass is 284 g/mol. The molecule has 0 saturated heterocycles. The maximum absolute atomic E-state index is 13.5. The van der Waals surface area contributed by atoms with Gasteiger partial charge < -0.3 is 4.74 Å². The molecule has 1 nitrogen and oxygen atoms in total. The molecule has 94 valence electrons. The molecule has 0 unspecified atom stereocenters. The third-order valence-corrected chi connectivity index (χ3v) is 3.10. The number of alkyl halides is 1. The third kappa shape index (κ3) is 2.77. The number of benzene rings is 2. The van der Waals surface area contributed by atoms with Gasteiger partial charge in [-0.15, -0.1) is 11.6 Å². The molecule has 0 heterocycles. The highest BCUT2D eigenvalue weighted by molar-refractivity contribution is 6.32. The molecule has 2 aromatic rings. The first-order valence-corrected chi connectivity index (χ1v) is 6.30. The highest BCUT2D eigenvalue weighted by Crippen LogP contribution is 2.33. The van der Waals surface area contributed by atoms with Crippen molar-refractivity contribution < 1.29 is 9.13 Å². The summed E-state index contributed by atoms with van der Waals surface area (Å²) in [6.07, 6.45) is 0. The number of aryl methyl sites for hydroxylation is 1. The molecule has 2 aromatic carbocycles. The van der Waals surface area contributed by atoms with Crippen molar-refractivity contribution in [1.29, 1.82) is 0 Å². The summed E-state index contributed by atoms with van der Waals surface area (Å²) in [5, 5.41) is 0.477. The number of rotatable bonds is 3. The topological polar surface area (TPSA) is 9.23 Å². The van der Waals surface area contributed by atoms with E-state index in [2.05, 4.69) is 0 Å². The molecule has 4 heteroatoms. The Kier molecular flexibility index (Phi) is 4.10. The quantitative estimate of drug-likeness (QED) is 0.693. The van der Waals surface area contributed by atoms with Crippen molar-refractivity contribution in [3.8, 4) is 11.5 Å². The summed E-state index contributed by atoms with van der Waals surface area (Å²) in [6.45, 7) is 1.93. The minimum Gasteiger partial charge on any atom is -0.455 e. The van der Waals surface area contributed by atoms with Crippen LogP contribution < -0.4 is 4.74 Å². The minimum absolute atomic E-state index is 0.0471. The number of hydrogen-bond acceptors (Lipinski definition) is 1. The van der Waals surface area contributed by atoms with Gasteiger partial charge in [-0.25, -0.2) is 4.39 Å². The van der Waals surface area contributed by atoms with Crippen LogP contribution in [0, 0.1) is 12.7 Å². The predicted molar refractivity (Wildman–Crippen MR) is 72.2 cm³/mol. The Morgan fingerprint density at radius 1 is 1.17 bits per heavy atom. The fourth-order valence-corrected chi connectivity index (χ4v) is 1.99. The highest BCUT2D eigenvalue weighted by Gasteiger charge is 2.11. The first-order valence-electron chi connectivity index (χ1n) is 5.39. The van der Waals surface area contributed by atoms with Gasteiger partial charge in [-0.1, -0.05) is 23.7 Å². The number of hydrogen-bond donors (Lipinski definition) is 0. The van der Waals surface area contributed by atoms with Crippen LogP contribution in [-0.2, 0) is 5.88 Å². The summed E-state index contributed by atoms with van der Waals surface area (Å²) in [4.78, 5) is 0. The molecule has 0 aliphatic carbocycles. The summed E-state index contributed by atoms with van der Waals surface area (Å²) >= 11 is 11.8. The maximum atomic E-state index is 13.5. The maximum Gasteiger partial charge on any atom is 0.146 e. The van der Waals surface area contributed by atoms with Gasteiger partial charge in [0.2, 0.25) is 0 Å². The first-order chi connectivity index (χ1) is 8.61. The second-order valence-corrected chi connectivity index (χ2v) is 4.56. The largest absolute Gasteiger partial charge is 0.455 e. The molecule has 0 bridgehead atoms. The Balaban J connectivity index is 2.40. The Bertz CT molecular complexity index is 570. The fraction of sp³-hybridized carbons (Fsp3) is 0.143. The van der Waals surface area contributed by atoms with Gasteiger partial charge >= 0.3 is 0 Å². The second kappa shape index (κ2) is 5.59. The molecule has 2 rings (SSSR count). The molecule has 0 aliphatic rings. The normalized spacial score (nSPS) is 10.4. The van der Waals surface area contributed by atoms with E-state index in [0.717, 1.165) is 5.56 Å². The summed E-state index contributed by atoms with van der Waals surface area (Å²) in [7, 11) is 0. The van der Waals surface area contributed by atoms with Crippen molar-refractivity contribution in [2.24, 2.45) is 0 Å². The highest BCUT2D eigenvalue weighted by atomic mass is 35.5. The van der Waals surface area contributed by atoms with E-state index >= 15 is 0 Å². The molecule has 0 amide bonds. The average molecular weight is 285 g/mol. The SMILES string of the molecule is Cc1ccc(Cl)c(Oc2cccc(F)c2CCl)c1. The number of ether oxygens (including phenoxy) is 1. The van der Waals surface area contributed by atoms with E-state index in [9.17, 15) is 4.39 Å². The van der Waals surface area contributed by atoms with Crippen LogP contribution in [0.15, 0.2) is 36.4 Å². The molecule has 0 atom stereocenters. The minimum atomic E-state index is -0.383. The van der Waals surface area contributed by atoms with Crippen molar-refractivity contribution in [3.05, 3.63) is 58.4 Å². The van der Waals surface area contributed by atoms with Gasteiger partial charge in [0.15, 0.2) is 0 Å². The average Bonchev–Trinajstić information content (AvgIpc) is 2.34. The van der Waals surface area contributed by atoms with Gasteiger partial charge in [0.25, 0.3) is 0 Å². The van der Waals surface area contributed by atoms with Crippen LogP contribution in [0.25, 0.3) is 0 Å². The fourth-order valence-electron chi connectivity index (χ4n) is 1.57. The lowest BCUT2D eigenvalue weighted by Crippen LogP contribution is -1.94. The predicted octanol–water partition coefficient (Wildman–Crippen LogP) is 5.32. The van der Waals surface area contributed by atoms with Gasteiger partial charge in [0.05, 0.1) is 10.9 Å². The second-order valence-electron chi connectivity index (χ2n) is 3.89. The van der Waals surface area contributed by atoms with Crippen LogP contribution in [-0.4, -0.2) is 0 Å². The van der Waals surface area contributed by atoms with E-state index in [1.54, 1.807) is 24.3 Å². The van der Waals surface area contributed by atoms with Gasteiger partial charge in [0, 0.05) is 5.56 Å². The molecular formula is C14H11Cl2FO. The molecule has 18 heavy (non-hydrogen) atoms. The van der Waals surface area contributed by atoms with E-state index in [4.69, 9.17) is 27.9 Å². The van der Waals surface area contributed by atoms with E-state index in [-0.39, 0.29) is 11.7 Å². The standard InChI is InChI=1S/C14H11Cl2FO/c1-9-5-6-11(16)14(7-9)18-13-4-2-3-12(17)10(13)8-15/h2-7H,8H2,1H3. The molecule has 0 N–H and O–H groups in total. The van der Waals surface area contributed by atoms with Crippen LogP contribution in [0.5, 0.6) is 11.5 Å². The van der Waals surface area contributed by atoms with Crippen molar-refractivity contribution in [3.63, 3.8) is 0 Å². The molecule has 0 spiro atoms.